The Kier molecular flexibility index (Phi) is 3.94. The fourth-order valence-corrected chi connectivity index (χ4v) is 3.52. The van der Waals surface area contributed by atoms with Crippen molar-refractivity contribution < 1.29 is 0 Å². The van der Waals surface area contributed by atoms with E-state index in [0.717, 1.165) is 23.2 Å². The quantitative estimate of drug-likeness (QED) is 0.872. The summed E-state index contributed by atoms with van der Waals surface area (Å²) in [5.74, 6) is 1.36. The first-order chi connectivity index (χ1) is 8.01. The molecule has 2 rings (SSSR count). The lowest BCUT2D eigenvalue weighted by Crippen LogP contribution is -2.52. The average Bonchev–Trinajstić information content (AvgIpc) is 2.26. The highest BCUT2D eigenvalue weighted by Gasteiger charge is 2.37. The highest BCUT2D eigenvalue weighted by molar-refractivity contribution is 9.10. The van der Waals surface area contributed by atoms with Gasteiger partial charge in [0.2, 0.25) is 0 Å². The van der Waals surface area contributed by atoms with Gasteiger partial charge >= 0.3 is 0 Å². The number of benzene rings is 1. The molecule has 0 amide bonds. The molecule has 1 fully saturated rings. The van der Waals surface area contributed by atoms with Crippen molar-refractivity contribution in [1.82, 2.24) is 0 Å². The van der Waals surface area contributed by atoms with Crippen molar-refractivity contribution in [3.05, 3.63) is 34.3 Å². The minimum absolute atomic E-state index is 0.0154. The standard InChI is InChI=1S/C15H22BrN/c1-11-5-4-8-15(17,12(11)2)10-13-6-3-7-14(16)9-13/h3,6-7,9,11-12H,4-5,8,10,17H2,1-2H3. The van der Waals surface area contributed by atoms with E-state index in [4.69, 9.17) is 5.73 Å². The van der Waals surface area contributed by atoms with Gasteiger partial charge in [-0.05, 0) is 42.4 Å². The number of hydrogen-bond acceptors (Lipinski definition) is 1. The van der Waals surface area contributed by atoms with Gasteiger partial charge in [-0.3, -0.25) is 0 Å². The van der Waals surface area contributed by atoms with E-state index in [1.807, 2.05) is 0 Å². The fraction of sp³-hybridized carbons (Fsp3) is 0.600. The predicted octanol–water partition coefficient (Wildman–Crippen LogP) is 4.15. The lowest BCUT2D eigenvalue weighted by molar-refractivity contribution is 0.143. The summed E-state index contributed by atoms with van der Waals surface area (Å²) in [6, 6.07) is 8.55. The van der Waals surface area contributed by atoms with Crippen LogP contribution >= 0.6 is 15.9 Å². The molecule has 3 atom stereocenters. The molecule has 0 spiro atoms. The normalized spacial score (nSPS) is 33.6. The summed E-state index contributed by atoms with van der Waals surface area (Å²) in [5, 5.41) is 0. The summed E-state index contributed by atoms with van der Waals surface area (Å²) in [5.41, 5.74) is 7.99. The molecule has 1 aliphatic rings. The highest BCUT2D eigenvalue weighted by atomic mass is 79.9. The first kappa shape index (κ1) is 13.1. The number of halogens is 1. The Bertz CT molecular complexity index is 390. The van der Waals surface area contributed by atoms with Gasteiger partial charge in [-0.15, -0.1) is 0 Å². The SMILES string of the molecule is CC1CCCC(N)(Cc2cccc(Br)c2)C1C. The van der Waals surface area contributed by atoms with Crippen molar-refractivity contribution in [3.63, 3.8) is 0 Å². The molecule has 1 saturated carbocycles. The lowest BCUT2D eigenvalue weighted by Gasteiger charge is -2.43. The fourth-order valence-electron chi connectivity index (χ4n) is 3.07. The molecular weight excluding hydrogens is 274 g/mol. The Morgan fingerprint density at radius 2 is 2.18 bits per heavy atom. The van der Waals surface area contributed by atoms with Crippen molar-refractivity contribution in [2.24, 2.45) is 17.6 Å². The van der Waals surface area contributed by atoms with Gasteiger partial charge in [0, 0.05) is 10.0 Å². The minimum atomic E-state index is -0.0154. The summed E-state index contributed by atoms with van der Waals surface area (Å²) in [7, 11) is 0. The Morgan fingerprint density at radius 3 is 2.88 bits per heavy atom. The first-order valence-corrected chi connectivity index (χ1v) is 7.34. The van der Waals surface area contributed by atoms with Crippen LogP contribution < -0.4 is 5.73 Å². The van der Waals surface area contributed by atoms with Gasteiger partial charge in [-0.2, -0.15) is 0 Å². The predicted molar refractivity (Wildman–Crippen MR) is 76.9 cm³/mol. The zero-order valence-corrected chi connectivity index (χ0v) is 12.3. The molecule has 0 aromatic heterocycles. The van der Waals surface area contributed by atoms with E-state index in [1.54, 1.807) is 0 Å². The highest BCUT2D eigenvalue weighted by Crippen LogP contribution is 2.38. The Morgan fingerprint density at radius 1 is 1.41 bits per heavy atom. The molecule has 0 saturated heterocycles. The van der Waals surface area contributed by atoms with E-state index in [-0.39, 0.29) is 5.54 Å². The number of hydrogen-bond donors (Lipinski definition) is 1. The molecule has 94 valence electrons. The van der Waals surface area contributed by atoms with Crippen LogP contribution in [-0.2, 0) is 6.42 Å². The maximum absolute atomic E-state index is 6.66. The molecule has 0 radical (unpaired) electrons. The summed E-state index contributed by atoms with van der Waals surface area (Å²) in [4.78, 5) is 0. The average molecular weight is 296 g/mol. The van der Waals surface area contributed by atoms with Crippen molar-refractivity contribution in [2.75, 3.05) is 0 Å². The molecule has 1 nitrogen and oxygen atoms in total. The lowest BCUT2D eigenvalue weighted by atomic mass is 9.66. The van der Waals surface area contributed by atoms with Crippen LogP contribution in [0.4, 0.5) is 0 Å². The van der Waals surface area contributed by atoms with Crippen molar-refractivity contribution >= 4 is 15.9 Å². The van der Waals surface area contributed by atoms with Crippen molar-refractivity contribution in [3.8, 4) is 0 Å². The summed E-state index contributed by atoms with van der Waals surface area (Å²) >= 11 is 3.53. The van der Waals surface area contributed by atoms with Crippen molar-refractivity contribution in [2.45, 2.75) is 45.1 Å². The van der Waals surface area contributed by atoms with Crippen LogP contribution in [-0.4, -0.2) is 5.54 Å². The van der Waals surface area contributed by atoms with Crippen LogP contribution in [0.3, 0.4) is 0 Å². The summed E-state index contributed by atoms with van der Waals surface area (Å²) in [6.07, 6.45) is 4.76. The van der Waals surface area contributed by atoms with Crippen LogP contribution in [0.15, 0.2) is 28.7 Å². The maximum Gasteiger partial charge on any atom is 0.0223 e. The Labute approximate surface area is 113 Å². The minimum Gasteiger partial charge on any atom is -0.325 e. The third kappa shape index (κ3) is 2.92. The van der Waals surface area contributed by atoms with Gasteiger partial charge < -0.3 is 5.73 Å². The van der Waals surface area contributed by atoms with Gasteiger partial charge in [0.25, 0.3) is 0 Å². The van der Waals surface area contributed by atoms with Crippen molar-refractivity contribution in [1.29, 1.82) is 0 Å². The van der Waals surface area contributed by atoms with Crippen LogP contribution in [0.25, 0.3) is 0 Å². The van der Waals surface area contributed by atoms with Gasteiger partial charge in [0.05, 0.1) is 0 Å². The second kappa shape index (κ2) is 5.11. The van der Waals surface area contributed by atoms with E-state index < -0.39 is 0 Å². The van der Waals surface area contributed by atoms with Crippen LogP contribution in [0.1, 0.15) is 38.7 Å². The number of rotatable bonds is 2. The first-order valence-electron chi connectivity index (χ1n) is 6.54. The maximum atomic E-state index is 6.66. The molecule has 2 N–H and O–H groups in total. The van der Waals surface area contributed by atoms with Crippen LogP contribution in [0.5, 0.6) is 0 Å². The summed E-state index contributed by atoms with van der Waals surface area (Å²) in [6.45, 7) is 4.66. The number of nitrogens with two attached hydrogens (primary N) is 1. The zero-order valence-electron chi connectivity index (χ0n) is 10.7. The molecule has 17 heavy (non-hydrogen) atoms. The molecule has 2 heteroatoms. The Balaban J connectivity index is 2.16. The third-order valence-electron chi connectivity index (χ3n) is 4.48. The van der Waals surface area contributed by atoms with Gasteiger partial charge in [0.1, 0.15) is 0 Å². The van der Waals surface area contributed by atoms with E-state index in [9.17, 15) is 0 Å². The second-order valence-electron chi connectivity index (χ2n) is 5.70. The molecule has 3 unspecified atom stereocenters. The molecule has 1 aromatic rings. The zero-order chi connectivity index (χ0) is 12.5. The topological polar surface area (TPSA) is 26.0 Å². The molecule has 1 aliphatic carbocycles. The molecule has 0 bridgehead atoms. The molecule has 1 aromatic carbocycles. The largest absolute Gasteiger partial charge is 0.325 e. The van der Waals surface area contributed by atoms with E-state index in [2.05, 4.69) is 54.0 Å². The monoisotopic (exact) mass is 295 g/mol. The van der Waals surface area contributed by atoms with Gasteiger partial charge in [0.15, 0.2) is 0 Å². The smallest absolute Gasteiger partial charge is 0.0223 e. The molecule has 0 aliphatic heterocycles. The molecule has 0 heterocycles. The molecular formula is C15H22BrN. The third-order valence-corrected chi connectivity index (χ3v) is 4.98. The van der Waals surface area contributed by atoms with E-state index in [0.29, 0.717) is 5.92 Å². The second-order valence-corrected chi connectivity index (χ2v) is 6.61. The Hall–Kier alpha value is -0.340. The van der Waals surface area contributed by atoms with E-state index >= 15 is 0 Å². The van der Waals surface area contributed by atoms with E-state index in [1.165, 1.54) is 18.4 Å². The van der Waals surface area contributed by atoms with Crippen LogP contribution in [0.2, 0.25) is 0 Å². The van der Waals surface area contributed by atoms with Gasteiger partial charge in [-0.25, -0.2) is 0 Å². The summed E-state index contributed by atoms with van der Waals surface area (Å²) < 4.78 is 1.15. The van der Waals surface area contributed by atoms with Gasteiger partial charge in [-0.1, -0.05) is 54.8 Å². The van der Waals surface area contributed by atoms with Crippen LogP contribution in [0, 0.1) is 11.8 Å².